The van der Waals surface area contributed by atoms with Crippen molar-refractivity contribution in [2.45, 2.75) is 213 Å². The van der Waals surface area contributed by atoms with Crippen molar-refractivity contribution in [1.29, 1.82) is 0 Å². The Kier molecular flexibility index (Phi) is 40.6. The summed E-state index contributed by atoms with van der Waals surface area (Å²) < 4.78 is 33.5. The summed E-state index contributed by atoms with van der Waals surface area (Å²) in [6.45, 7) is 3.85. The van der Waals surface area contributed by atoms with Gasteiger partial charge in [0, 0.05) is 25.8 Å². The summed E-state index contributed by atoms with van der Waals surface area (Å²) in [6.07, 6.45) is 39.4. The van der Waals surface area contributed by atoms with Gasteiger partial charge in [-0.15, -0.1) is 0 Å². The molecule has 0 saturated carbocycles. The summed E-state index contributed by atoms with van der Waals surface area (Å²) in [7, 11) is -4.53. The molecule has 0 spiro atoms. The van der Waals surface area contributed by atoms with Gasteiger partial charge in [0.25, 0.3) is 0 Å². The third kappa shape index (κ3) is 41.9. The van der Waals surface area contributed by atoms with Gasteiger partial charge in [0.15, 0.2) is 6.10 Å². The van der Waals surface area contributed by atoms with Gasteiger partial charge >= 0.3 is 19.8 Å². The zero-order valence-corrected chi connectivity index (χ0v) is 37.3. The summed E-state index contributed by atoms with van der Waals surface area (Å²) >= 11 is 0. The number of phosphoric ester groups is 1. The van der Waals surface area contributed by atoms with Crippen LogP contribution in [0, 0.1) is 0 Å². The highest BCUT2D eigenvalue weighted by atomic mass is 31.2. The number of nitrogens with one attached hydrogen (secondary N) is 1. The lowest BCUT2D eigenvalue weighted by atomic mass is 10.1. The van der Waals surface area contributed by atoms with Gasteiger partial charge in [0.1, 0.15) is 6.61 Å². The molecule has 0 radical (unpaired) electrons. The van der Waals surface area contributed by atoms with E-state index in [-0.39, 0.29) is 44.9 Å². The molecule has 0 aliphatic rings. The van der Waals surface area contributed by atoms with E-state index in [0.29, 0.717) is 25.8 Å². The van der Waals surface area contributed by atoms with Gasteiger partial charge in [0.05, 0.1) is 13.2 Å². The number of phosphoric acid groups is 1. The van der Waals surface area contributed by atoms with Crippen LogP contribution in [0.4, 0.5) is 0 Å². The third-order valence-electron chi connectivity index (χ3n) is 9.72. The molecular formula is C45H85N2O9P. The Hall–Kier alpha value is -2.04. The molecule has 4 N–H and O–H groups in total. The molecule has 11 nitrogen and oxygen atoms in total. The molecule has 0 aromatic heterocycles. The number of allylic oxidation sites excluding steroid dienone is 4. The van der Waals surface area contributed by atoms with Crippen molar-refractivity contribution in [2.75, 3.05) is 32.9 Å². The number of ether oxygens (including phenoxy) is 2. The van der Waals surface area contributed by atoms with Crippen molar-refractivity contribution < 1.29 is 42.4 Å². The molecule has 0 aliphatic carbocycles. The quantitative estimate of drug-likeness (QED) is 0.0233. The van der Waals surface area contributed by atoms with E-state index in [4.69, 9.17) is 24.3 Å². The second-order valence-corrected chi connectivity index (χ2v) is 16.8. The first-order chi connectivity index (χ1) is 27.7. The number of amides is 1. The van der Waals surface area contributed by atoms with Gasteiger partial charge in [-0.3, -0.25) is 23.4 Å². The Morgan fingerprint density at radius 1 is 0.579 bits per heavy atom. The molecule has 0 saturated heterocycles. The van der Waals surface area contributed by atoms with Crippen molar-refractivity contribution in [3.05, 3.63) is 24.3 Å². The van der Waals surface area contributed by atoms with Gasteiger partial charge in [-0.25, -0.2) is 4.57 Å². The van der Waals surface area contributed by atoms with Gasteiger partial charge in [-0.05, 0) is 77.2 Å². The highest BCUT2D eigenvalue weighted by Gasteiger charge is 2.26. The van der Waals surface area contributed by atoms with Crippen LogP contribution in [0.3, 0.4) is 0 Å². The summed E-state index contributed by atoms with van der Waals surface area (Å²) in [5.41, 5.74) is 5.41. The number of hydrogen-bond donors (Lipinski definition) is 3. The van der Waals surface area contributed by atoms with E-state index in [1.807, 2.05) is 0 Å². The molecule has 334 valence electrons. The average Bonchev–Trinajstić information content (AvgIpc) is 3.19. The van der Waals surface area contributed by atoms with E-state index in [9.17, 15) is 23.8 Å². The topological polar surface area (TPSA) is 163 Å². The summed E-state index contributed by atoms with van der Waals surface area (Å²) in [5.74, 6) is -1.14. The normalized spacial score (nSPS) is 13.3. The largest absolute Gasteiger partial charge is 0.472 e. The van der Waals surface area contributed by atoms with E-state index < -0.39 is 32.5 Å². The van der Waals surface area contributed by atoms with Crippen LogP contribution in [0.15, 0.2) is 24.3 Å². The summed E-state index contributed by atoms with van der Waals surface area (Å²) in [6, 6.07) is 0. The number of rotatable bonds is 43. The Labute approximate surface area is 348 Å². The summed E-state index contributed by atoms with van der Waals surface area (Å²) in [4.78, 5) is 47.1. The Morgan fingerprint density at radius 3 is 1.49 bits per heavy atom. The molecule has 2 atom stereocenters. The molecule has 1 unspecified atom stereocenters. The second kappa shape index (κ2) is 42.1. The van der Waals surface area contributed by atoms with Crippen LogP contribution in [-0.4, -0.2) is 61.8 Å². The minimum absolute atomic E-state index is 0.0135. The lowest BCUT2D eigenvalue weighted by molar-refractivity contribution is -0.161. The molecule has 1 amide bonds. The number of unbranched alkanes of at least 4 members (excludes halogenated alkanes) is 22. The maximum atomic E-state index is 12.7. The van der Waals surface area contributed by atoms with Crippen LogP contribution >= 0.6 is 7.82 Å². The van der Waals surface area contributed by atoms with Crippen LogP contribution in [0.25, 0.3) is 0 Å². The van der Waals surface area contributed by atoms with Gasteiger partial charge in [0.2, 0.25) is 5.91 Å². The first-order valence-corrected chi connectivity index (χ1v) is 24.5. The number of carbonyl (C=O) groups excluding carboxylic acids is 3. The second-order valence-electron chi connectivity index (χ2n) is 15.3. The predicted molar refractivity (Wildman–Crippen MR) is 233 cm³/mol. The number of hydrogen-bond acceptors (Lipinski definition) is 9. The molecule has 0 fully saturated rings. The maximum Gasteiger partial charge on any atom is 0.472 e. The molecule has 0 heterocycles. The van der Waals surface area contributed by atoms with E-state index in [0.717, 1.165) is 70.6 Å². The predicted octanol–water partition coefficient (Wildman–Crippen LogP) is 11.5. The lowest BCUT2D eigenvalue weighted by Crippen LogP contribution is -2.30. The molecule has 0 aromatic rings. The lowest BCUT2D eigenvalue weighted by Gasteiger charge is -2.20. The van der Waals surface area contributed by atoms with Crippen LogP contribution in [0.2, 0.25) is 0 Å². The Bertz CT molecular complexity index is 1060. The van der Waals surface area contributed by atoms with Gasteiger partial charge in [-0.2, -0.15) is 0 Å². The van der Waals surface area contributed by atoms with Crippen LogP contribution in [0.1, 0.15) is 206 Å². The van der Waals surface area contributed by atoms with Crippen molar-refractivity contribution in [2.24, 2.45) is 5.73 Å². The molecule has 0 aromatic carbocycles. The van der Waals surface area contributed by atoms with Crippen molar-refractivity contribution in [1.82, 2.24) is 5.32 Å². The van der Waals surface area contributed by atoms with E-state index in [2.05, 4.69) is 43.5 Å². The zero-order valence-electron chi connectivity index (χ0n) is 36.4. The van der Waals surface area contributed by atoms with E-state index in [1.165, 1.54) is 83.5 Å². The maximum absolute atomic E-state index is 12.7. The fourth-order valence-corrected chi connectivity index (χ4v) is 6.97. The Morgan fingerprint density at radius 2 is 1.02 bits per heavy atom. The third-order valence-corrected chi connectivity index (χ3v) is 10.7. The average molecular weight is 829 g/mol. The smallest absolute Gasteiger partial charge is 0.462 e. The molecule has 57 heavy (non-hydrogen) atoms. The van der Waals surface area contributed by atoms with Crippen LogP contribution < -0.4 is 11.1 Å². The van der Waals surface area contributed by atoms with Crippen LogP contribution in [0.5, 0.6) is 0 Å². The number of esters is 2. The fourth-order valence-electron chi connectivity index (χ4n) is 6.22. The molecule has 0 rings (SSSR count). The molecule has 0 bridgehead atoms. The number of carbonyl (C=O) groups is 3. The van der Waals surface area contributed by atoms with E-state index >= 15 is 0 Å². The fraction of sp³-hybridized carbons (Fsp3) is 0.844. The van der Waals surface area contributed by atoms with Crippen LogP contribution in [-0.2, 0) is 37.5 Å². The number of nitrogens with two attached hydrogens (primary N) is 1. The highest BCUT2D eigenvalue weighted by molar-refractivity contribution is 7.47. The van der Waals surface area contributed by atoms with E-state index in [1.54, 1.807) is 0 Å². The molecule has 12 heteroatoms. The first-order valence-electron chi connectivity index (χ1n) is 23.0. The van der Waals surface area contributed by atoms with Crippen molar-refractivity contribution in [3.8, 4) is 0 Å². The monoisotopic (exact) mass is 829 g/mol. The standard InChI is InChI=1S/C45H85N2O9P/c1-3-5-7-9-11-13-15-17-19-21-23-25-27-29-31-35-44(49)53-40-42(41-55-57(51,52)54-39-38-47-43(48)34-33-37-46)56-45(50)36-32-30-28-26-24-22-20-18-16-14-12-10-8-6-4-2/h17-20,42H,3-16,21-41,46H2,1-2H3,(H,47,48)(H,51,52)/b19-17-,20-18-/t42-/m1/s1. The highest BCUT2D eigenvalue weighted by Crippen LogP contribution is 2.43. The van der Waals surface area contributed by atoms with Gasteiger partial charge in [-0.1, -0.05) is 141 Å². The van der Waals surface area contributed by atoms with Gasteiger partial charge < -0.3 is 25.4 Å². The molecular weight excluding hydrogens is 743 g/mol. The first kappa shape index (κ1) is 55.0. The minimum Gasteiger partial charge on any atom is -0.462 e. The summed E-state index contributed by atoms with van der Waals surface area (Å²) in [5, 5.41) is 2.58. The minimum atomic E-state index is -4.53. The zero-order chi connectivity index (χ0) is 41.9. The molecule has 0 aliphatic heterocycles. The van der Waals surface area contributed by atoms with Crippen molar-refractivity contribution in [3.63, 3.8) is 0 Å². The Balaban J connectivity index is 4.48. The van der Waals surface area contributed by atoms with Crippen molar-refractivity contribution >= 4 is 25.7 Å². The SMILES string of the molecule is CCCCCCCC/C=C\CCCCCCCC(=O)OC[C@H](COP(=O)(O)OCCNC(=O)CCCN)OC(=O)CCCCCCC/C=C\CCCCCCCC.